The van der Waals surface area contributed by atoms with Crippen molar-refractivity contribution in [2.24, 2.45) is 0 Å². The zero-order valence-electron chi connectivity index (χ0n) is 16.7. The topological polar surface area (TPSA) is 77.1 Å². The second-order valence-electron chi connectivity index (χ2n) is 6.29. The molecule has 0 atom stereocenters. The summed E-state index contributed by atoms with van der Waals surface area (Å²) in [5.74, 6) is 0.0356. The van der Waals surface area contributed by atoms with E-state index in [0.29, 0.717) is 39.1 Å². The molecule has 1 N–H and O–H groups in total. The Morgan fingerprint density at radius 3 is 2.27 bits per heavy atom. The van der Waals surface area contributed by atoms with Crippen molar-refractivity contribution in [2.45, 2.75) is 6.92 Å². The molecular formula is C21H19ClN2O5S. The van der Waals surface area contributed by atoms with Crippen LogP contribution in [0.2, 0.25) is 5.02 Å². The molecule has 1 aliphatic rings. The lowest BCUT2D eigenvalue weighted by atomic mass is 10.0. The number of rotatable bonds is 5. The number of nitrogens with zero attached hydrogens (tertiary/aromatic N) is 1. The molecule has 3 rings (SSSR count). The first-order valence-corrected chi connectivity index (χ1v) is 9.57. The van der Waals surface area contributed by atoms with E-state index in [9.17, 15) is 9.59 Å². The van der Waals surface area contributed by atoms with E-state index in [1.165, 1.54) is 32.3 Å². The van der Waals surface area contributed by atoms with E-state index in [-0.39, 0.29) is 10.7 Å². The molecule has 0 unspecified atom stereocenters. The Kier molecular flexibility index (Phi) is 6.28. The summed E-state index contributed by atoms with van der Waals surface area (Å²) in [6.45, 7) is 1.77. The molecule has 1 heterocycles. The fraction of sp³-hybridized carbons (Fsp3) is 0.190. The number of thiocarbonyl (C=S) groups is 1. The maximum absolute atomic E-state index is 13.3. The third kappa shape index (κ3) is 3.83. The number of ether oxygens (including phenoxy) is 3. The first-order chi connectivity index (χ1) is 14.3. The van der Waals surface area contributed by atoms with Crippen LogP contribution in [0.25, 0.3) is 6.08 Å². The van der Waals surface area contributed by atoms with E-state index >= 15 is 0 Å². The number of carbonyl (C=O) groups is 2. The van der Waals surface area contributed by atoms with E-state index < -0.39 is 11.8 Å². The van der Waals surface area contributed by atoms with Crippen molar-refractivity contribution >= 4 is 52.5 Å². The van der Waals surface area contributed by atoms with Gasteiger partial charge in [-0.1, -0.05) is 17.7 Å². The molecule has 0 aromatic heterocycles. The quantitative estimate of drug-likeness (QED) is 0.430. The van der Waals surface area contributed by atoms with Crippen LogP contribution in [0.3, 0.4) is 0 Å². The van der Waals surface area contributed by atoms with E-state index in [1.807, 2.05) is 0 Å². The van der Waals surface area contributed by atoms with Gasteiger partial charge in [0.1, 0.15) is 22.8 Å². The molecule has 7 nitrogen and oxygen atoms in total. The zero-order chi connectivity index (χ0) is 22.0. The monoisotopic (exact) mass is 446 g/mol. The molecule has 1 fully saturated rings. The summed E-state index contributed by atoms with van der Waals surface area (Å²) in [5, 5.41) is 3.00. The number of hydrogen-bond acceptors (Lipinski definition) is 6. The van der Waals surface area contributed by atoms with Crippen molar-refractivity contribution < 1.29 is 23.8 Å². The van der Waals surface area contributed by atoms with Crippen molar-refractivity contribution in [1.82, 2.24) is 5.32 Å². The van der Waals surface area contributed by atoms with Crippen LogP contribution in [0.5, 0.6) is 17.2 Å². The van der Waals surface area contributed by atoms with Gasteiger partial charge in [0.05, 0.1) is 32.6 Å². The first kappa shape index (κ1) is 21.6. The van der Waals surface area contributed by atoms with Gasteiger partial charge in [-0.05, 0) is 42.9 Å². The van der Waals surface area contributed by atoms with Gasteiger partial charge < -0.3 is 14.2 Å². The second kappa shape index (κ2) is 8.73. The molecular weight excluding hydrogens is 428 g/mol. The van der Waals surface area contributed by atoms with Gasteiger partial charge in [-0.15, -0.1) is 0 Å². The maximum Gasteiger partial charge on any atom is 0.270 e. The molecule has 0 radical (unpaired) electrons. The van der Waals surface area contributed by atoms with Gasteiger partial charge in [-0.25, -0.2) is 0 Å². The molecule has 30 heavy (non-hydrogen) atoms. The lowest BCUT2D eigenvalue weighted by Gasteiger charge is -2.30. The molecule has 2 aromatic carbocycles. The lowest BCUT2D eigenvalue weighted by Crippen LogP contribution is -2.54. The number of amides is 2. The predicted molar refractivity (Wildman–Crippen MR) is 118 cm³/mol. The van der Waals surface area contributed by atoms with Crippen molar-refractivity contribution in [3.63, 3.8) is 0 Å². The van der Waals surface area contributed by atoms with Gasteiger partial charge in [0, 0.05) is 17.2 Å². The minimum atomic E-state index is -0.624. The average molecular weight is 447 g/mol. The number of hydrogen-bond donors (Lipinski definition) is 1. The summed E-state index contributed by atoms with van der Waals surface area (Å²) in [5.41, 5.74) is 1.42. The van der Waals surface area contributed by atoms with Crippen molar-refractivity contribution in [3.05, 3.63) is 52.1 Å². The zero-order valence-corrected chi connectivity index (χ0v) is 18.3. The molecule has 156 valence electrons. The van der Waals surface area contributed by atoms with Crippen LogP contribution in [0, 0.1) is 6.92 Å². The Labute approximate surface area is 184 Å². The van der Waals surface area contributed by atoms with Crippen LogP contribution in [-0.2, 0) is 9.59 Å². The molecule has 0 aliphatic carbocycles. The minimum absolute atomic E-state index is 0.0267. The fourth-order valence-corrected chi connectivity index (χ4v) is 3.48. The maximum atomic E-state index is 13.3. The van der Waals surface area contributed by atoms with Gasteiger partial charge in [-0.3, -0.25) is 19.8 Å². The SMILES string of the molecule is COc1cc(OC)c(/C=C2\C(=O)NC(=S)N(c3cccc(Cl)c3C)C2=O)c(OC)c1. The van der Waals surface area contributed by atoms with Gasteiger partial charge in [0.25, 0.3) is 11.8 Å². The number of halogens is 1. The van der Waals surface area contributed by atoms with Crippen LogP contribution < -0.4 is 24.4 Å². The normalized spacial score (nSPS) is 15.3. The smallest absolute Gasteiger partial charge is 0.270 e. The van der Waals surface area contributed by atoms with E-state index in [0.717, 1.165) is 0 Å². The highest BCUT2D eigenvalue weighted by Crippen LogP contribution is 2.37. The highest BCUT2D eigenvalue weighted by molar-refractivity contribution is 7.80. The number of benzene rings is 2. The van der Waals surface area contributed by atoms with Gasteiger partial charge >= 0.3 is 0 Å². The predicted octanol–water partition coefficient (Wildman–Crippen LogP) is 3.51. The Morgan fingerprint density at radius 1 is 1.07 bits per heavy atom. The van der Waals surface area contributed by atoms with Gasteiger partial charge in [0.15, 0.2) is 5.11 Å². The summed E-state index contributed by atoms with van der Waals surface area (Å²) in [6, 6.07) is 8.37. The molecule has 1 saturated heterocycles. The molecule has 1 aliphatic heterocycles. The fourth-order valence-electron chi connectivity index (χ4n) is 3.03. The number of methoxy groups -OCH3 is 3. The van der Waals surface area contributed by atoms with Gasteiger partial charge in [-0.2, -0.15) is 0 Å². The second-order valence-corrected chi connectivity index (χ2v) is 7.08. The van der Waals surface area contributed by atoms with Crippen LogP contribution >= 0.6 is 23.8 Å². The number of carbonyl (C=O) groups excluding carboxylic acids is 2. The molecule has 9 heteroatoms. The first-order valence-electron chi connectivity index (χ1n) is 8.79. The number of anilines is 1. The minimum Gasteiger partial charge on any atom is -0.496 e. The molecule has 2 aromatic rings. The van der Waals surface area contributed by atoms with Gasteiger partial charge in [0.2, 0.25) is 0 Å². The average Bonchev–Trinajstić information content (AvgIpc) is 2.73. The van der Waals surface area contributed by atoms with E-state index in [1.54, 1.807) is 37.3 Å². The lowest BCUT2D eigenvalue weighted by molar-refractivity contribution is -0.122. The molecule has 0 spiro atoms. The Hall–Kier alpha value is -3.10. The van der Waals surface area contributed by atoms with E-state index in [2.05, 4.69) is 5.32 Å². The van der Waals surface area contributed by atoms with Crippen molar-refractivity contribution in [2.75, 3.05) is 26.2 Å². The number of nitrogens with one attached hydrogen (secondary N) is 1. The standard InChI is InChI=1S/C21H19ClN2O5S/c1-11-15(22)6-5-7-16(11)24-20(26)14(19(25)23-21(24)30)10-13-17(28-3)8-12(27-2)9-18(13)29-4/h5-10H,1-4H3,(H,23,25,30)/b14-10+. The highest BCUT2D eigenvalue weighted by atomic mass is 35.5. The largest absolute Gasteiger partial charge is 0.496 e. The Balaban J connectivity index is 2.15. The summed E-state index contributed by atoms with van der Waals surface area (Å²) < 4.78 is 16.0. The Morgan fingerprint density at radius 2 is 1.70 bits per heavy atom. The third-order valence-electron chi connectivity index (χ3n) is 4.62. The molecule has 0 saturated carbocycles. The van der Waals surface area contributed by atoms with Crippen LogP contribution in [0.15, 0.2) is 35.9 Å². The van der Waals surface area contributed by atoms with Crippen LogP contribution in [0.1, 0.15) is 11.1 Å². The van der Waals surface area contributed by atoms with Crippen molar-refractivity contribution in [1.29, 1.82) is 0 Å². The van der Waals surface area contributed by atoms with Crippen molar-refractivity contribution in [3.8, 4) is 17.2 Å². The summed E-state index contributed by atoms with van der Waals surface area (Å²) in [6.07, 6.45) is 1.41. The summed E-state index contributed by atoms with van der Waals surface area (Å²) in [4.78, 5) is 27.2. The Bertz CT molecular complexity index is 1060. The highest BCUT2D eigenvalue weighted by Gasteiger charge is 2.36. The molecule has 0 bridgehead atoms. The van der Waals surface area contributed by atoms with Crippen LogP contribution in [0.4, 0.5) is 5.69 Å². The summed E-state index contributed by atoms with van der Waals surface area (Å²) >= 11 is 11.5. The van der Waals surface area contributed by atoms with Crippen LogP contribution in [-0.4, -0.2) is 38.3 Å². The third-order valence-corrected chi connectivity index (χ3v) is 5.32. The molecule has 2 amide bonds. The van der Waals surface area contributed by atoms with E-state index in [4.69, 9.17) is 38.0 Å². The summed E-state index contributed by atoms with van der Waals surface area (Å²) in [7, 11) is 4.45.